The summed E-state index contributed by atoms with van der Waals surface area (Å²) in [5.41, 5.74) is 3.83. The lowest BCUT2D eigenvalue weighted by atomic mass is 10.0. The Kier molecular flexibility index (Phi) is 3.09. The molecule has 0 amide bonds. The van der Waals surface area contributed by atoms with E-state index in [1.54, 1.807) is 0 Å². The van der Waals surface area contributed by atoms with E-state index in [0.29, 0.717) is 12.1 Å². The molecule has 0 aliphatic rings. The smallest absolute Gasteiger partial charge is 0.416 e. The summed E-state index contributed by atoms with van der Waals surface area (Å²) in [5.74, 6) is -2.22. The summed E-state index contributed by atoms with van der Waals surface area (Å²) in [6, 6.07) is 0.398. The minimum Gasteiger partial charge on any atom is -0.508 e. The number of hydrogen-bond donors (Lipinski definition) is 3. The van der Waals surface area contributed by atoms with Crippen LogP contribution in [-0.2, 0) is 11.0 Å². The SMILES string of the molecule is NC(C(=O)O)c1ccc(C(F)(F)F)cc1O. The second-order valence-electron chi connectivity index (χ2n) is 3.09. The van der Waals surface area contributed by atoms with E-state index in [0.717, 1.165) is 6.07 Å². The van der Waals surface area contributed by atoms with Crippen LogP contribution in [0.4, 0.5) is 13.2 Å². The third kappa shape index (κ3) is 2.43. The number of alkyl halides is 3. The van der Waals surface area contributed by atoms with Gasteiger partial charge in [0.15, 0.2) is 0 Å². The minimum absolute atomic E-state index is 0.263. The summed E-state index contributed by atoms with van der Waals surface area (Å²) in [6.45, 7) is 0. The third-order valence-corrected chi connectivity index (χ3v) is 1.96. The molecule has 1 aromatic rings. The minimum atomic E-state index is -4.59. The number of carboxylic acid groups (broad SMARTS) is 1. The molecule has 0 heterocycles. The Morgan fingerprint density at radius 3 is 2.31 bits per heavy atom. The molecular weight excluding hydrogens is 227 g/mol. The van der Waals surface area contributed by atoms with Gasteiger partial charge in [-0.2, -0.15) is 13.2 Å². The topological polar surface area (TPSA) is 83.6 Å². The van der Waals surface area contributed by atoms with Crippen molar-refractivity contribution in [1.82, 2.24) is 0 Å². The monoisotopic (exact) mass is 235 g/mol. The highest BCUT2D eigenvalue weighted by Crippen LogP contribution is 2.33. The van der Waals surface area contributed by atoms with Gasteiger partial charge in [-0.15, -0.1) is 0 Å². The fourth-order valence-electron chi connectivity index (χ4n) is 1.12. The van der Waals surface area contributed by atoms with E-state index in [4.69, 9.17) is 10.8 Å². The highest BCUT2D eigenvalue weighted by Gasteiger charge is 2.31. The largest absolute Gasteiger partial charge is 0.508 e. The van der Waals surface area contributed by atoms with Crippen LogP contribution >= 0.6 is 0 Å². The lowest BCUT2D eigenvalue weighted by Gasteiger charge is -2.12. The number of carboxylic acids is 1. The van der Waals surface area contributed by atoms with Gasteiger partial charge in [0.2, 0.25) is 0 Å². The molecule has 4 nitrogen and oxygen atoms in total. The third-order valence-electron chi connectivity index (χ3n) is 1.96. The quantitative estimate of drug-likeness (QED) is 0.725. The van der Waals surface area contributed by atoms with Gasteiger partial charge in [0.25, 0.3) is 0 Å². The molecule has 0 aliphatic heterocycles. The molecule has 1 rings (SSSR count). The Morgan fingerprint density at radius 1 is 1.38 bits per heavy atom. The normalized spacial score (nSPS) is 13.5. The van der Waals surface area contributed by atoms with Crippen molar-refractivity contribution in [3.05, 3.63) is 29.3 Å². The average Bonchev–Trinajstić information content (AvgIpc) is 2.15. The highest BCUT2D eigenvalue weighted by molar-refractivity contribution is 5.76. The van der Waals surface area contributed by atoms with Crippen molar-refractivity contribution in [2.75, 3.05) is 0 Å². The predicted octanol–water partition coefficient (Wildman–Crippen LogP) is 1.50. The zero-order valence-corrected chi connectivity index (χ0v) is 7.82. The Labute approximate surface area is 88.1 Å². The average molecular weight is 235 g/mol. The number of phenolic OH excluding ortho intramolecular Hbond substituents is 1. The molecule has 7 heteroatoms. The van der Waals surface area contributed by atoms with Gasteiger partial charge in [-0.25, -0.2) is 0 Å². The van der Waals surface area contributed by atoms with Crippen molar-refractivity contribution in [2.24, 2.45) is 5.73 Å². The lowest BCUT2D eigenvalue weighted by Crippen LogP contribution is -2.21. The fraction of sp³-hybridized carbons (Fsp3) is 0.222. The Balaban J connectivity index is 3.15. The summed E-state index contributed by atoms with van der Waals surface area (Å²) < 4.78 is 36.6. The number of carbonyl (C=O) groups is 1. The number of phenols is 1. The van der Waals surface area contributed by atoms with Crippen LogP contribution in [0.5, 0.6) is 5.75 Å². The van der Waals surface area contributed by atoms with Crippen LogP contribution in [-0.4, -0.2) is 16.2 Å². The van der Waals surface area contributed by atoms with Gasteiger partial charge in [0.05, 0.1) is 5.56 Å². The molecule has 1 atom stereocenters. The number of hydrogen-bond acceptors (Lipinski definition) is 3. The molecule has 0 aromatic heterocycles. The van der Waals surface area contributed by atoms with Crippen molar-refractivity contribution < 1.29 is 28.2 Å². The molecule has 4 N–H and O–H groups in total. The van der Waals surface area contributed by atoms with Gasteiger partial charge in [0, 0.05) is 5.56 Å². The van der Waals surface area contributed by atoms with E-state index in [9.17, 15) is 23.1 Å². The van der Waals surface area contributed by atoms with Crippen molar-refractivity contribution in [1.29, 1.82) is 0 Å². The number of aromatic hydroxyl groups is 1. The Hall–Kier alpha value is -1.76. The molecule has 0 saturated heterocycles. The van der Waals surface area contributed by atoms with Gasteiger partial charge in [0.1, 0.15) is 11.8 Å². The van der Waals surface area contributed by atoms with Crippen LogP contribution in [0.1, 0.15) is 17.2 Å². The first-order valence-corrected chi connectivity index (χ1v) is 4.12. The summed E-state index contributed by atoms with van der Waals surface area (Å²) in [6.07, 6.45) is -4.59. The first-order valence-electron chi connectivity index (χ1n) is 4.12. The van der Waals surface area contributed by atoms with Crippen LogP contribution in [0.25, 0.3) is 0 Å². The van der Waals surface area contributed by atoms with Gasteiger partial charge < -0.3 is 15.9 Å². The second-order valence-corrected chi connectivity index (χ2v) is 3.09. The fourth-order valence-corrected chi connectivity index (χ4v) is 1.12. The van der Waals surface area contributed by atoms with Gasteiger partial charge in [-0.05, 0) is 12.1 Å². The van der Waals surface area contributed by atoms with Crippen LogP contribution in [0, 0.1) is 0 Å². The summed E-state index contributed by atoms with van der Waals surface area (Å²) >= 11 is 0. The zero-order chi connectivity index (χ0) is 12.5. The molecule has 0 saturated carbocycles. The van der Waals surface area contributed by atoms with Crippen molar-refractivity contribution in [3.63, 3.8) is 0 Å². The van der Waals surface area contributed by atoms with E-state index in [1.165, 1.54) is 0 Å². The van der Waals surface area contributed by atoms with E-state index in [-0.39, 0.29) is 5.56 Å². The zero-order valence-electron chi connectivity index (χ0n) is 7.82. The maximum atomic E-state index is 12.2. The standard InChI is InChI=1S/C9H8F3NO3/c10-9(11,12)4-1-2-5(6(14)3-4)7(13)8(15)16/h1-3,7,14H,13H2,(H,15,16). The first kappa shape index (κ1) is 12.3. The number of aliphatic carboxylic acids is 1. The molecule has 0 bridgehead atoms. The summed E-state index contributed by atoms with van der Waals surface area (Å²) in [5, 5.41) is 17.8. The molecule has 88 valence electrons. The molecule has 0 spiro atoms. The predicted molar refractivity (Wildman–Crippen MR) is 47.7 cm³/mol. The first-order chi connectivity index (χ1) is 7.23. The highest BCUT2D eigenvalue weighted by atomic mass is 19.4. The van der Waals surface area contributed by atoms with Gasteiger partial charge in [-0.1, -0.05) is 6.07 Å². The summed E-state index contributed by atoms with van der Waals surface area (Å²) in [4.78, 5) is 10.5. The van der Waals surface area contributed by atoms with Crippen LogP contribution in [0.15, 0.2) is 18.2 Å². The molecule has 16 heavy (non-hydrogen) atoms. The van der Waals surface area contributed by atoms with Crippen LogP contribution in [0.2, 0.25) is 0 Å². The maximum absolute atomic E-state index is 12.2. The van der Waals surface area contributed by atoms with E-state index in [1.807, 2.05) is 0 Å². The molecule has 1 aromatic carbocycles. The molecule has 0 aliphatic carbocycles. The van der Waals surface area contributed by atoms with E-state index < -0.39 is 29.5 Å². The van der Waals surface area contributed by atoms with E-state index >= 15 is 0 Å². The molecular formula is C9H8F3NO3. The van der Waals surface area contributed by atoms with E-state index in [2.05, 4.69) is 0 Å². The number of rotatable bonds is 2. The van der Waals surface area contributed by atoms with Crippen molar-refractivity contribution >= 4 is 5.97 Å². The Morgan fingerprint density at radius 2 is 1.94 bits per heavy atom. The number of halogens is 3. The molecule has 0 radical (unpaired) electrons. The van der Waals surface area contributed by atoms with Crippen LogP contribution in [0.3, 0.4) is 0 Å². The van der Waals surface area contributed by atoms with Crippen molar-refractivity contribution in [2.45, 2.75) is 12.2 Å². The summed E-state index contributed by atoms with van der Waals surface area (Å²) in [7, 11) is 0. The molecule has 0 fully saturated rings. The Bertz CT molecular complexity index is 417. The number of benzene rings is 1. The molecule has 1 unspecified atom stereocenters. The maximum Gasteiger partial charge on any atom is 0.416 e. The van der Waals surface area contributed by atoms with Gasteiger partial charge >= 0.3 is 12.1 Å². The van der Waals surface area contributed by atoms with Gasteiger partial charge in [-0.3, -0.25) is 4.79 Å². The lowest BCUT2D eigenvalue weighted by molar-refractivity contribution is -0.138. The number of nitrogens with two attached hydrogens (primary N) is 1. The van der Waals surface area contributed by atoms with Crippen LogP contribution < -0.4 is 5.73 Å². The second kappa shape index (κ2) is 4.01. The van der Waals surface area contributed by atoms with Crippen molar-refractivity contribution in [3.8, 4) is 5.75 Å².